The van der Waals surface area contributed by atoms with Gasteiger partial charge < -0.3 is 9.84 Å². The highest BCUT2D eigenvalue weighted by Gasteiger charge is 2.22. The summed E-state index contributed by atoms with van der Waals surface area (Å²) < 4.78 is 5.44. The Morgan fingerprint density at radius 2 is 2.29 bits per heavy atom. The van der Waals surface area contributed by atoms with Gasteiger partial charge in [0.25, 0.3) is 0 Å². The Kier molecular flexibility index (Phi) is 2.39. The van der Waals surface area contributed by atoms with Crippen LogP contribution >= 0.6 is 0 Å². The molecule has 0 heterocycles. The number of ether oxygens (including phenoxy) is 1. The maximum Gasteiger partial charge on any atom is 0.153 e. The molecule has 3 nitrogen and oxygen atoms in total. The van der Waals surface area contributed by atoms with E-state index in [4.69, 9.17) is 4.74 Å². The van der Waals surface area contributed by atoms with E-state index in [2.05, 4.69) is 0 Å². The van der Waals surface area contributed by atoms with Crippen LogP contribution in [0.4, 0.5) is 0 Å². The second-order valence-corrected chi connectivity index (χ2v) is 3.59. The molecule has 0 spiro atoms. The molecule has 0 unspecified atom stereocenters. The van der Waals surface area contributed by atoms with Gasteiger partial charge in [-0.05, 0) is 30.9 Å². The van der Waals surface area contributed by atoms with Crippen LogP contribution < -0.4 is 4.74 Å². The molecule has 1 aromatic rings. The summed E-state index contributed by atoms with van der Waals surface area (Å²) in [4.78, 5) is 10.6. The van der Waals surface area contributed by atoms with E-state index in [-0.39, 0.29) is 5.75 Å². The Bertz CT molecular complexity index is 342. The highest BCUT2D eigenvalue weighted by atomic mass is 16.5. The minimum absolute atomic E-state index is 0.126. The molecule has 0 atom stereocenters. The van der Waals surface area contributed by atoms with Gasteiger partial charge in [-0.1, -0.05) is 0 Å². The molecular weight excluding hydrogens is 180 g/mol. The Morgan fingerprint density at radius 1 is 1.50 bits per heavy atom. The third kappa shape index (κ3) is 2.05. The topological polar surface area (TPSA) is 46.5 Å². The van der Waals surface area contributed by atoms with Crippen molar-refractivity contribution in [3.8, 4) is 11.5 Å². The standard InChI is InChI=1S/C11H12O3/c12-6-9-3-4-10(13)5-11(9)14-7-8-1-2-8/h3-6,8,13H,1-2,7H2. The van der Waals surface area contributed by atoms with Gasteiger partial charge in [-0.15, -0.1) is 0 Å². The van der Waals surface area contributed by atoms with Gasteiger partial charge in [-0.2, -0.15) is 0 Å². The molecule has 1 N–H and O–H groups in total. The molecule has 1 aromatic carbocycles. The molecule has 0 aliphatic heterocycles. The van der Waals surface area contributed by atoms with E-state index in [1.807, 2.05) is 0 Å². The Morgan fingerprint density at radius 3 is 2.93 bits per heavy atom. The summed E-state index contributed by atoms with van der Waals surface area (Å²) >= 11 is 0. The van der Waals surface area contributed by atoms with Crippen molar-refractivity contribution in [2.24, 2.45) is 5.92 Å². The lowest BCUT2D eigenvalue weighted by atomic mass is 10.2. The molecule has 0 aromatic heterocycles. The molecular formula is C11H12O3. The van der Waals surface area contributed by atoms with Gasteiger partial charge in [-0.25, -0.2) is 0 Å². The van der Waals surface area contributed by atoms with Crippen molar-refractivity contribution in [3.63, 3.8) is 0 Å². The molecule has 1 aliphatic carbocycles. The number of hydrogen-bond acceptors (Lipinski definition) is 3. The number of aromatic hydroxyl groups is 1. The van der Waals surface area contributed by atoms with Crippen molar-refractivity contribution < 1.29 is 14.6 Å². The van der Waals surface area contributed by atoms with Crippen LogP contribution in [0.25, 0.3) is 0 Å². The molecule has 74 valence electrons. The SMILES string of the molecule is O=Cc1ccc(O)cc1OCC1CC1. The van der Waals surface area contributed by atoms with Gasteiger partial charge in [0.05, 0.1) is 12.2 Å². The van der Waals surface area contributed by atoms with E-state index in [1.165, 1.54) is 25.0 Å². The Hall–Kier alpha value is -1.51. The summed E-state index contributed by atoms with van der Waals surface area (Å²) in [7, 11) is 0. The van der Waals surface area contributed by atoms with Crippen molar-refractivity contribution in [1.82, 2.24) is 0 Å². The van der Waals surface area contributed by atoms with Crippen LogP contribution in [0.2, 0.25) is 0 Å². The predicted octanol–water partition coefficient (Wildman–Crippen LogP) is 1.99. The third-order valence-electron chi connectivity index (χ3n) is 2.30. The Labute approximate surface area is 82.3 Å². The monoisotopic (exact) mass is 192 g/mol. The molecule has 0 bridgehead atoms. The van der Waals surface area contributed by atoms with Crippen LogP contribution in [0.1, 0.15) is 23.2 Å². The molecule has 3 heteroatoms. The number of carbonyl (C=O) groups is 1. The smallest absolute Gasteiger partial charge is 0.153 e. The van der Waals surface area contributed by atoms with Crippen molar-refractivity contribution in [2.75, 3.05) is 6.61 Å². The quantitative estimate of drug-likeness (QED) is 0.742. The molecule has 0 radical (unpaired) electrons. The van der Waals surface area contributed by atoms with Crippen LogP contribution in [-0.2, 0) is 0 Å². The zero-order valence-corrected chi connectivity index (χ0v) is 7.77. The first-order valence-electron chi connectivity index (χ1n) is 4.70. The third-order valence-corrected chi connectivity index (χ3v) is 2.30. The van der Waals surface area contributed by atoms with E-state index < -0.39 is 0 Å². The molecule has 0 amide bonds. The van der Waals surface area contributed by atoms with Gasteiger partial charge in [0.1, 0.15) is 11.5 Å². The lowest BCUT2D eigenvalue weighted by molar-refractivity contribution is 0.111. The minimum Gasteiger partial charge on any atom is -0.508 e. The van der Waals surface area contributed by atoms with Crippen LogP contribution in [0.3, 0.4) is 0 Å². The van der Waals surface area contributed by atoms with Gasteiger partial charge in [0.15, 0.2) is 6.29 Å². The lowest BCUT2D eigenvalue weighted by Crippen LogP contribution is -2.01. The Balaban J connectivity index is 2.11. The maximum atomic E-state index is 10.6. The number of rotatable bonds is 4. The molecule has 14 heavy (non-hydrogen) atoms. The number of hydrogen-bond donors (Lipinski definition) is 1. The summed E-state index contributed by atoms with van der Waals surface area (Å²) in [6.07, 6.45) is 3.14. The lowest BCUT2D eigenvalue weighted by Gasteiger charge is -2.07. The van der Waals surface area contributed by atoms with E-state index in [0.29, 0.717) is 23.8 Å². The number of carbonyl (C=O) groups excluding carboxylic acids is 1. The van der Waals surface area contributed by atoms with Crippen LogP contribution in [-0.4, -0.2) is 18.0 Å². The second kappa shape index (κ2) is 3.70. The largest absolute Gasteiger partial charge is 0.508 e. The first kappa shape index (κ1) is 9.06. The molecule has 2 rings (SSSR count). The van der Waals surface area contributed by atoms with Crippen molar-refractivity contribution >= 4 is 6.29 Å². The normalized spacial score (nSPS) is 15.1. The number of benzene rings is 1. The fraction of sp³-hybridized carbons (Fsp3) is 0.364. The first-order chi connectivity index (χ1) is 6.79. The van der Waals surface area contributed by atoms with Crippen LogP contribution in [0.15, 0.2) is 18.2 Å². The number of aldehydes is 1. The molecule has 1 saturated carbocycles. The number of phenolic OH excluding ortho intramolecular Hbond substituents is 1. The van der Waals surface area contributed by atoms with Crippen molar-refractivity contribution in [1.29, 1.82) is 0 Å². The summed E-state index contributed by atoms with van der Waals surface area (Å²) in [5, 5.41) is 9.22. The average molecular weight is 192 g/mol. The first-order valence-corrected chi connectivity index (χ1v) is 4.70. The van der Waals surface area contributed by atoms with Crippen LogP contribution in [0.5, 0.6) is 11.5 Å². The number of phenols is 1. The summed E-state index contributed by atoms with van der Waals surface area (Å²) in [5.41, 5.74) is 0.489. The predicted molar refractivity (Wildman–Crippen MR) is 51.7 cm³/mol. The second-order valence-electron chi connectivity index (χ2n) is 3.59. The maximum absolute atomic E-state index is 10.6. The molecule has 0 saturated heterocycles. The molecule has 1 aliphatic rings. The highest BCUT2D eigenvalue weighted by Crippen LogP contribution is 2.31. The van der Waals surface area contributed by atoms with Crippen molar-refractivity contribution in [2.45, 2.75) is 12.8 Å². The molecule has 1 fully saturated rings. The van der Waals surface area contributed by atoms with E-state index in [0.717, 1.165) is 6.29 Å². The van der Waals surface area contributed by atoms with Gasteiger partial charge in [-0.3, -0.25) is 4.79 Å². The average Bonchev–Trinajstić information content (AvgIpc) is 2.98. The zero-order chi connectivity index (χ0) is 9.97. The fourth-order valence-corrected chi connectivity index (χ4v) is 1.24. The van der Waals surface area contributed by atoms with E-state index >= 15 is 0 Å². The summed E-state index contributed by atoms with van der Waals surface area (Å²) in [5.74, 6) is 1.24. The zero-order valence-electron chi connectivity index (χ0n) is 7.77. The summed E-state index contributed by atoms with van der Waals surface area (Å²) in [6, 6.07) is 4.52. The summed E-state index contributed by atoms with van der Waals surface area (Å²) in [6.45, 7) is 0.643. The van der Waals surface area contributed by atoms with Gasteiger partial charge >= 0.3 is 0 Å². The fourth-order valence-electron chi connectivity index (χ4n) is 1.24. The minimum atomic E-state index is 0.126. The van der Waals surface area contributed by atoms with Gasteiger partial charge in [0.2, 0.25) is 0 Å². The van der Waals surface area contributed by atoms with E-state index in [9.17, 15) is 9.90 Å². The highest BCUT2D eigenvalue weighted by molar-refractivity contribution is 5.79. The van der Waals surface area contributed by atoms with Crippen molar-refractivity contribution in [3.05, 3.63) is 23.8 Å². The van der Waals surface area contributed by atoms with Crippen LogP contribution in [0, 0.1) is 5.92 Å². The van der Waals surface area contributed by atoms with E-state index in [1.54, 1.807) is 6.07 Å². The van der Waals surface area contributed by atoms with Gasteiger partial charge in [0, 0.05) is 6.07 Å².